The van der Waals surface area contributed by atoms with E-state index >= 15 is 0 Å². The summed E-state index contributed by atoms with van der Waals surface area (Å²) >= 11 is 0. The summed E-state index contributed by atoms with van der Waals surface area (Å²) in [7, 11) is 0. The van der Waals surface area contributed by atoms with E-state index in [0.717, 1.165) is 60.9 Å². The maximum Gasteiger partial charge on any atom is 0.166 e. The quantitative estimate of drug-likeness (QED) is 0.634. The van der Waals surface area contributed by atoms with Gasteiger partial charge in [0.2, 0.25) is 0 Å². The fraction of sp³-hybridized carbons (Fsp3) is 0.360. The summed E-state index contributed by atoms with van der Waals surface area (Å²) in [5.41, 5.74) is 7.02. The molecular weight excluding hydrogens is 400 g/mol. The second-order valence-electron chi connectivity index (χ2n) is 8.42. The minimum Gasteiger partial charge on any atom is -0.370 e. The lowest BCUT2D eigenvalue weighted by Crippen LogP contribution is -2.39. The van der Waals surface area contributed by atoms with Crippen molar-refractivity contribution in [3.05, 3.63) is 76.2 Å². The Bertz CT molecular complexity index is 1170. The molecule has 0 radical (unpaired) electrons. The molecule has 0 bridgehead atoms. The summed E-state index contributed by atoms with van der Waals surface area (Å²) in [5, 5.41) is 17.7. The molecular formula is C25H26N6O. The minimum atomic E-state index is 0.0667. The van der Waals surface area contributed by atoms with Crippen LogP contribution in [0, 0.1) is 25.2 Å². The summed E-state index contributed by atoms with van der Waals surface area (Å²) in [4.78, 5) is 9.41. The highest BCUT2D eigenvalue weighted by atomic mass is 16.5. The molecule has 0 unspecified atom stereocenters. The molecule has 4 heterocycles. The van der Waals surface area contributed by atoms with Crippen LogP contribution in [0.2, 0.25) is 0 Å². The molecule has 32 heavy (non-hydrogen) atoms. The first-order valence-electron chi connectivity index (χ1n) is 11.0. The van der Waals surface area contributed by atoms with Crippen LogP contribution < -0.4 is 9.80 Å². The summed E-state index contributed by atoms with van der Waals surface area (Å²) in [5.74, 6) is 0.855. The molecule has 7 nitrogen and oxygen atoms in total. The van der Waals surface area contributed by atoms with Gasteiger partial charge in [-0.2, -0.15) is 5.26 Å². The average molecular weight is 427 g/mol. The predicted molar refractivity (Wildman–Crippen MR) is 123 cm³/mol. The van der Waals surface area contributed by atoms with Gasteiger partial charge in [-0.15, -0.1) is 10.2 Å². The third-order valence-corrected chi connectivity index (χ3v) is 6.53. The lowest BCUT2D eigenvalue weighted by atomic mass is 10.0. The van der Waals surface area contributed by atoms with Crippen molar-refractivity contribution in [3.63, 3.8) is 0 Å². The van der Waals surface area contributed by atoms with Crippen LogP contribution in [0.4, 0.5) is 11.5 Å². The Labute approximate surface area is 188 Å². The van der Waals surface area contributed by atoms with Crippen molar-refractivity contribution in [2.24, 2.45) is 0 Å². The Hall–Kier alpha value is -3.50. The standard InChI is InChI=1S/C25H26N6O/c1-17-18(2)25(29-28-23(17)13-26)31-9-8-22-20(15-31)12-21(14-27-22)30-10-11-32-24(16-30)19-6-4-3-5-7-19/h3-7,12,14,24H,8-11,15-16H2,1-2H3/t24-/m1/s1. The molecule has 1 atom stereocenters. The summed E-state index contributed by atoms with van der Waals surface area (Å²) in [6.45, 7) is 7.90. The number of hydrogen-bond acceptors (Lipinski definition) is 7. The second-order valence-corrected chi connectivity index (χ2v) is 8.42. The van der Waals surface area contributed by atoms with E-state index in [-0.39, 0.29) is 6.10 Å². The number of hydrogen-bond donors (Lipinski definition) is 0. The molecule has 2 aliphatic heterocycles. The maximum atomic E-state index is 9.23. The average Bonchev–Trinajstić information content (AvgIpc) is 2.85. The molecule has 162 valence electrons. The van der Waals surface area contributed by atoms with Gasteiger partial charge in [-0.05, 0) is 42.2 Å². The van der Waals surface area contributed by atoms with Crippen molar-refractivity contribution < 1.29 is 4.74 Å². The van der Waals surface area contributed by atoms with Crippen LogP contribution in [0.1, 0.15) is 39.7 Å². The van der Waals surface area contributed by atoms with Crippen molar-refractivity contribution in [2.45, 2.75) is 32.9 Å². The topological polar surface area (TPSA) is 78.2 Å². The van der Waals surface area contributed by atoms with Crippen LogP contribution in [-0.2, 0) is 17.7 Å². The van der Waals surface area contributed by atoms with Crippen LogP contribution in [0.15, 0.2) is 42.6 Å². The molecule has 5 rings (SSSR count). The molecule has 2 aliphatic rings. The first-order valence-corrected chi connectivity index (χ1v) is 11.0. The molecule has 0 N–H and O–H groups in total. The first-order chi connectivity index (χ1) is 15.6. The summed E-state index contributed by atoms with van der Waals surface area (Å²) in [6, 6.07) is 14.8. The molecule has 0 amide bonds. The maximum absolute atomic E-state index is 9.23. The molecule has 2 aromatic heterocycles. The van der Waals surface area contributed by atoms with E-state index in [1.54, 1.807) is 0 Å². The SMILES string of the molecule is Cc1c(C#N)nnc(N2CCc3ncc(N4CCO[C@@H](c5ccccc5)C4)cc3C2)c1C. The van der Waals surface area contributed by atoms with Crippen LogP contribution in [0.5, 0.6) is 0 Å². The van der Waals surface area contributed by atoms with Crippen molar-refractivity contribution >= 4 is 11.5 Å². The van der Waals surface area contributed by atoms with Gasteiger partial charge in [-0.1, -0.05) is 30.3 Å². The van der Waals surface area contributed by atoms with Crippen LogP contribution >= 0.6 is 0 Å². The second kappa shape index (κ2) is 8.56. The highest BCUT2D eigenvalue weighted by Crippen LogP contribution is 2.30. The normalized spacial score (nSPS) is 18.2. The molecule has 0 spiro atoms. The van der Waals surface area contributed by atoms with E-state index in [1.165, 1.54) is 11.1 Å². The number of benzene rings is 1. The van der Waals surface area contributed by atoms with Crippen LogP contribution in [0.25, 0.3) is 0 Å². The van der Waals surface area contributed by atoms with Crippen LogP contribution in [-0.4, -0.2) is 41.4 Å². The van der Waals surface area contributed by atoms with E-state index in [0.29, 0.717) is 12.3 Å². The number of nitriles is 1. The smallest absolute Gasteiger partial charge is 0.166 e. The van der Waals surface area contributed by atoms with Gasteiger partial charge in [0.05, 0.1) is 18.5 Å². The molecule has 7 heteroatoms. The highest BCUT2D eigenvalue weighted by molar-refractivity contribution is 5.55. The van der Waals surface area contributed by atoms with E-state index in [4.69, 9.17) is 9.72 Å². The number of morpholine rings is 1. The van der Waals surface area contributed by atoms with Gasteiger partial charge >= 0.3 is 0 Å². The summed E-state index contributed by atoms with van der Waals surface area (Å²) in [6.07, 6.45) is 2.93. The number of fused-ring (bicyclic) bond motifs is 1. The largest absolute Gasteiger partial charge is 0.370 e. The molecule has 1 aromatic carbocycles. The third-order valence-electron chi connectivity index (χ3n) is 6.53. The number of aromatic nitrogens is 3. The van der Waals surface area contributed by atoms with Gasteiger partial charge in [-0.3, -0.25) is 4.98 Å². The van der Waals surface area contributed by atoms with E-state index < -0.39 is 0 Å². The lowest BCUT2D eigenvalue weighted by molar-refractivity contribution is 0.0398. The number of rotatable bonds is 3. The van der Waals surface area contributed by atoms with Gasteiger partial charge in [0, 0.05) is 38.3 Å². The number of pyridine rings is 1. The van der Waals surface area contributed by atoms with E-state index in [9.17, 15) is 5.26 Å². The number of nitrogens with zero attached hydrogens (tertiary/aromatic N) is 6. The van der Waals surface area contributed by atoms with Gasteiger partial charge in [0.25, 0.3) is 0 Å². The third kappa shape index (κ3) is 3.78. The fourth-order valence-electron chi connectivity index (χ4n) is 4.52. The molecule has 0 saturated carbocycles. The van der Waals surface area contributed by atoms with E-state index in [2.05, 4.69) is 56.4 Å². The summed E-state index contributed by atoms with van der Waals surface area (Å²) < 4.78 is 6.04. The van der Waals surface area contributed by atoms with Crippen molar-refractivity contribution in [1.82, 2.24) is 15.2 Å². The minimum absolute atomic E-state index is 0.0667. The zero-order valence-electron chi connectivity index (χ0n) is 18.5. The fourth-order valence-corrected chi connectivity index (χ4v) is 4.52. The van der Waals surface area contributed by atoms with E-state index in [1.807, 2.05) is 26.1 Å². The Kier molecular flexibility index (Phi) is 5.46. The van der Waals surface area contributed by atoms with Crippen molar-refractivity contribution in [2.75, 3.05) is 36.0 Å². The van der Waals surface area contributed by atoms with Gasteiger partial charge < -0.3 is 14.5 Å². The monoisotopic (exact) mass is 426 g/mol. The Morgan fingerprint density at radius 3 is 2.72 bits per heavy atom. The number of anilines is 2. The van der Waals surface area contributed by atoms with Crippen molar-refractivity contribution in [1.29, 1.82) is 5.26 Å². The van der Waals surface area contributed by atoms with Crippen molar-refractivity contribution in [3.8, 4) is 6.07 Å². The van der Waals surface area contributed by atoms with Crippen LogP contribution in [0.3, 0.4) is 0 Å². The highest BCUT2D eigenvalue weighted by Gasteiger charge is 2.25. The lowest BCUT2D eigenvalue weighted by Gasteiger charge is -2.36. The van der Waals surface area contributed by atoms with Gasteiger partial charge in [0.1, 0.15) is 12.2 Å². The predicted octanol–water partition coefficient (Wildman–Crippen LogP) is 3.50. The molecule has 3 aromatic rings. The Morgan fingerprint density at radius 1 is 1.06 bits per heavy atom. The molecule has 0 aliphatic carbocycles. The zero-order chi connectivity index (χ0) is 22.1. The Balaban J connectivity index is 1.37. The Morgan fingerprint density at radius 2 is 1.91 bits per heavy atom. The molecule has 1 saturated heterocycles. The van der Waals surface area contributed by atoms with Gasteiger partial charge in [0.15, 0.2) is 11.5 Å². The molecule has 1 fully saturated rings. The van der Waals surface area contributed by atoms with Gasteiger partial charge in [-0.25, -0.2) is 0 Å². The number of ether oxygens (including phenoxy) is 1. The first kappa shape index (κ1) is 20.4. The zero-order valence-corrected chi connectivity index (χ0v) is 18.5.